The van der Waals surface area contributed by atoms with E-state index in [1.54, 1.807) is 0 Å². The molecule has 86 valence electrons. The molecule has 1 N–H and O–H groups in total. The highest BCUT2D eigenvalue weighted by Gasteiger charge is 2.18. The van der Waals surface area contributed by atoms with Gasteiger partial charge in [-0.3, -0.25) is 4.79 Å². The Labute approximate surface area is 97.1 Å². The fourth-order valence-electron chi connectivity index (χ4n) is 2.19. The molecule has 1 saturated heterocycles. The van der Waals surface area contributed by atoms with Gasteiger partial charge in [0.15, 0.2) is 5.78 Å². The summed E-state index contributed by atoms with van der Waals surface area (Å²) in [5, 5.41) is 3.36. The van der Waals surface area contributed by atoms with E-state index in [2.05, 4.69) is 19.2 Å². The lowest BCUT2D eigenvalue weighted by atomic mass is 9.99. The Morgan fingerprint density at radius 3 is 2.81 bits per heavy atom. The van der Waals surface area contributed by atoms with Gasteiger partial charge in [0.1, 0.15) is 0 Å². The second kappa shape index (κ2) is 4.79. The topological polar surface area (TPSA) is 29.1 Å². The molecule has 0 saturated carbocycles. The molecule has 2 heteroatoms. The van der Waals surface area contributed by atoms with Crippen LogP contribution in [0.3, 0.4) is 0 Å². The fourth-order valence-corrected chi connectivity index (χ4v) is 2.19. The molecule has 1 atom stereocenters. The van der Waals surface area contributed by atoms with E-state index in [1.807, 2.05) is 18.2 Å². The SMILES string of the molecule is Cc1ccc(C(=O)CC2CCCN2)cc1C. The molecular formula is C14H19NO. The molecule has 1 aromatic carbocycles. The van der Waals surface area contributed by atoms with Crippen molar-refractivity contribution in [1.82, 2.24) is 5.32 Å². The van der Waals surface area contributed by atoms with Gasteiger partial charge in [-0.2, -0.15) is 0 Å². The van der Waals surface area contributed by atoms with Crippen LogP contribution in [-0.2, 0) is 0 Å². The minimum Gasteiger partial charge on any atom is -0.314 e. The third kappa shape index (κ3) is 2.50. The van der Waals surface area contributed by atoms with E-state index in [1.165, 1.54) is 17.5 Å². The maximum absolute atomic E-state index is 12.0. The van der Waals surface area contributed by atoms with Crippen molar-refractivity contribution in [3.8, 4) is 0 Å². The Kier molecular flexibility index (Phi) is 3.39. The van der Waals surface area contributed by atoms with Crippen LogP contribution in [0.25, 0.3) is 0 Å². The normalized spacial score (nSPS) is 20.0. The summed E-state index contributed by atoms with van der Waals surface area (Å²) in [5.41, 5.74) is 3.30. The first-order valence-corrected chi connectivity index (χ1v) is 6.00. The zero-order valence-corrected chi connectivity index (χ0v) is 10.0. The van der Waals surface area contributed by atoms with E-state index in [0.29, 0.717) is 12.5 Å². The van der Waals surface area contributed by atoms with Crippen LogP contribution in [0, 0.1) is 13.8 Å². The monoisotopic (exact) mass is 217 g/mol. The van der Waals surface area contributed by atoms with Crippen LogP contribution >= 0.6 is 0 Å². The first kappa shape index (κ1) is 11.3. The van der Waals surface area contributed by atoms with Gasteiger partial charge in [0.2, 0.25) is 0 Å². The van der Waals surface area contributed by atoms with Crippen molar-refractivity contribution in [2.75, 3.05) is 6.54 Å². The van der Waals surface area contributed by atoms with Crippen molar-refractivity contribution in [3.05, 3.63) is 34.9 Å². The third-order valence-corrected chi connectivity index (χ3v) is 3.42. The number of ketones is 1. The summed E-state index contributed by atoms with van der Waals surface area (Å²) in [5.74, 6) is 0.266. The minimum atomic E-state index is 0.266. The fraction of sp³-hybridized carbons (Fsp3) is 0.500. The number of hydrogen-bond acceptors (Lipinski definition) is 2. The number of hydrogen-bond donors (Lipinski definition) is 1. The molecule has 1 unspecified atom stereocenters. The van der Waals surface area contributed by atoms with E-state index >= 15 is 0 Å². The maximum Gasteiger partial charge on any atom is 0.164 e. The second-order valence-corrected chi connectivity index (χ2v) is 4.72. The largest absolute Gasteiger partial charge is 0.314 e. The summed E-state index contributed by atoms with van der Waals surface area (Å²) in [4.78, 5) is 12.0. The third-order valence-electron chi connectivity index (χ3n) is 3.42. The van der Waals surface area contributed by atoms with Gasteiger partial charge in [-0.25, -0.2) is 0 Å². The Morgan fingerprint density at radius 2 is 2.19 bits per heavy atom. The molecule has 0 amide bonds. The van der Waals surface area contributed by atoms with Gasteiger partial charge in [-0.1, -0.05) is 12.1 Å². The minimum absolute atomic E-state index is 0.266. The predicted octanol–water partition coefficient (Wildman–Crippen LogP) is 2.63. The molecule has 1 aliphatic heterocycles. The Hall–Kier alpha value is -1.15. The number of nitrogens with one attached hydrogen (secondary N) is 1. The summed E-state index contributed by atoms with van der Waals surface area (Å²) < 4.78 is 0. The number of carbonyl (C=O) groups is 1. The Morgan fingerprint density at radius 1 is 1.38 bits per heavy atom. The summed E-state index contributed by atoms with van der Waals surface area (Å²) in [6.45, 7) is 5.19. The van der Waals surface area contributed by atoms with Crippen molar-refractivity contribution in [2.24, 2.45) is 0 Å². The highest BCUT2D eigenvalue weighted by atomic mass is 16.1. The van der Waals surface area contributed by atoms with Crippen LogP contribution in [0.15, 0.2) is 18.2 Å². The van der Waals surface area contributed by atoms with Crippen molar-refractivity contribution in [2.45, 2.75) is 39.2 Å². The van der Waals surface area contributed by atoms with E-state index in [0.717, 1.165) is 18.5 Å². The molecule has 2 rings (SSSR count). The van der Waals surface area contributed by atoms with Gasteiger partial charge in [0, 0.05) is 18.0 Å². The van der Waals surface area contributed by atoms with Crippen LogP contribution in [0.5, 0.6) is 0 Å². The zero-order valence-electron chi connectivity index (χ0n) is 10.0. The maximum atomic E-state index is 12.0. The Balaban J connectivity index is 2.05. The summed E-state index contributed by atoms with van der Waals surface area (Å²) in [6, 6.07) is 6.38. The van der Waals surface area contributed by atoms with Gasteiger partial charge in [0.25, 0.3) is 0 Å². The molecule has 0 aromatic heterocycles. The molecular weight excluding hydrogens is 198 g/mol. The summed E-state index contributed by atoms with van der Waals surface area (Å²) in [7, 11) is 0. The van der Waals surface area contributed by atoms with E-state index in [4.69, 9.17) is 0 Å². The summed E-state index contributed by atoms with van der Waals surface area (Å²) >= 11 is 0. The molecule has 2 nitrogen and oxygen atoms in total. The van der Waals surface area contributed by atoms with Crippen LogP contribution in [0.2, 0.25) is 0 Å². The second-order valence-electron chi connectivity index (χ2n) is 4.72. The lowest BCUT2D eigenvalue weighted by molar-refractivity contribution is 0.0971. The average Bonchev–Trinajstić information content (AvgIpc) is 2.74. The number of carbonyl (C=O) groups excluding carboxylic acids is 1. The lowest BCUT2D eigenvalue weighted by Crippen LogP contribution is -2.24. The zero-order chi connectivity index (χ0) is 11.5. The van der Waals surface area contributed by atoms with Crippen molar-refractivity contribution < 1.29 is 4.79 Å². The molecule has 0 radical (unpaired) electrons. The van der Waals surface area contributed by atoms with Gasteiger partial charge in [0.05, 0.1) is 0 Å². The molecule has 0 bridgehead atoms. The quantitative estimate of drug-likeness (QED) is 0.789. The first-order chi connectivity index (χ1) is 7.66. The Bertz CT molecular complexity index is 392. The lowest BCUT2D eigenvalue weighted by Gasteiger charge is -2.09. The molecule has 1 aromatic rings. The smallest absolute Gasteiger partial charge is 0.164 e. The average molecular weight is 217 g/mol. The van der Waals surface area contributed by atoms with Gasteiger partial charge < -0.3 is 5.32 Å². The molecule has 1 heterocycles. The number of benzene rings is 1. The van der Waals surface area contributed by atoms with E-state index in [-0.39, 0.29) is 5.78 Å². The van der Waals surface area contributed by atoms with Crippen LogP contribution in [0.1, 0.15) is 40.7 Å². The van der Waals surface area contributed by atoms with Crippen molar-refractivity contribution in [1.29, 1.82) is 0 Å². The van der Waals surface area contributed by atoms with Crippen LogP contribution < -0.4 is 5.32 Å². The highest BCUT2D eigenvalue weighted by molar-refractivity contribution is 5.96. The van der Waals surface area contributed by atoms with E-state index in [9.17, 15) is 4.79 Å². The van der Waals surface area contributed by atoms with Crippen LogP contribution in [-0.4, -0.2) is 18.4 Å². The van der Waals surface area contributed by atoms with Gasteiger partial charge in [-0.05, 0) is 50.4 Å². The molecule has 16 heavy (non-hydrogen) atoms. The molecule has 1 aliphatic rings. The molecule has 1 fully saturated rings. The van der Waals surface area contributed by atoms with Crippen molar-refractivity contribution >= 4 is 5.78 Å². The van der Waals surface area contributed by atoms with Crippen LogP contribution in [0.4, 0.5) is 0 Å². The summed E-state index contributed by atoms with van der Waals surface area (Å²) in [6.07, 6.45) is 2.98. The van der Waals surface area contributed by atoms with Gasteiger partial charge >= 0.3 is 0 Å². The van der Waals surface area contributed by atoms with E-state index < -0.39 is 0 Å². The number of aryl methyl sites for hydroxylation is 2. The number of Topliss-reactive ketones (excluding diaryl/α,β-unsaturated/α-hetero) is 1. The molecule has 0 aliphatic carbocycles. The highest BCUT2D eigenvalue weighted by Crippen LogP contribution is 2.15. The molecule has 0 spiro atoms. The predicted molar refractivity (Wildman–Crippen MR) is 65.9 cm³/mol. The standard InChI is InChI=1S/C14H19NO/c1-10-5-6-12(8-11(10)2)14(16)9-13-4-3-7-15-13/h5-6,8,13,15H,3-4,7,9H2,1-2H3. The van der Waals surface area contributed by atoms with Gasteiger partial charge in [-0.15, -0.1) is 0 Å². The first-order valence-electron chi connectivity index (χ1n) is 6.00. The van der Waals surface area contributed by atoms with Crippen molar-refractivity contribution in [3.63, 3.8) is 0 Å². The number of rotatable bonds is 3.